The Bertz CT molecular complexity index is 290. The molecule has 0 bridgehead atoms. The van der Waals surface area contributed by atoms with Gasteiger partial charge < -0.3 is 10.1 Å². The van der Waals surface area contributed by atoms with Gasteiger partial charge in [0.25, 0.3) is 0 Å². The first-order valence-corrected chi connectivity index (χ1v) is 8.28. The average molecular weight is 284 g/mol. The van der Waals surface area contributed by atoms with Crippen LogP contribution in [-0.4, -0.2) is 44.3 Å². The van der Waals surface area contributed by atoms with Gasteiger partial charge in [-0.1, -0.05) is 26.3 Å². The molecule has 3 nitrogen and oxygen atoms in total. The van der Waals surface area contributed by atoms with Crippen LogP contribution >= 0.6 is 11.3 Å². The molecular weight excluding hydrogens is 256 g/mol. The molecule has 0 radical (unpaired) electrons. The fourth-order valence-corrected chi connectivity index (χ4v) is 2.57. The van der Waals surface area contributed by atoms with E-state index in [4.69, 9.17) is 4.74 Å². The van der Waals surface area contributed by atoms with E-state index in [0.29, 0.717) is 0 Å². The van der Waals surface area contributed by atoms with Crippen LogP contribution in [0.3, 0.4) is 0 Å². The topological polar surface area (TPSA) is 24.5 Å². The van der Waals surface area contributed by atoms with Gasteiger partial charge >= 0.3 is 0 Å². The van der Waals surface area contributed by atoms with Gasteiger partial charge in [-0.3, -0.25) is 4.90 Å². The van der Waals surface area contributed by atoms with Gasteiger partial charge in [0, 0.05) is 37.7 Å². The predicted molar refractivity (Wildman–Crippen MR) is 83.9 cm³/mol. The molecule has 0 unspecified atom stereocenters. The lowest BCUT2D eigenvalue weighted by atomic mass is 10.4. The van der Waals surface area contributed by atoms with Crippen molar-refractivity contribution in [3.8, 4) is 0 Å². The summed E-state index contributed by atoms with van der Waals surface area (Å²) in [6, 6.07) is 4.34. The van der Waals surface area contributed by atoms with Gasteiger partial charge in [0.2, 0.25) is 0 Å². The molecule has 1 rings (SSSR count). The van der Waals surface area contributed by atoms with Crippen LogP contribution in [0.15, 0.2) is 17.5 Å². The minimum atomic E-state index is 0.830. The van der Waals surface area contributed by atoms with Crippen molar-refractivity contribution in [1.29, 1.82) is 0 Å². The van der Waals surface area contributed by atoms with Crippen LogP contribution < -0.4 is 5.32 Å². The highest BCUT2D eigenvalue weighted by atomic mass is 32.1. The van der Waals surface area contributed by atoms with Crippen LogP contribution in [0.5, 0.6) is 0 Å². The van der Waals surface area contributed by atoms with Crippen LogP contribution in [0.1, 0.15) is 31.6 Å². The third-order valence-corrected chi connectivity index (χ3v) is 3.94. The molecule has 0 aromatic carbocycles. The van der Waals surface area contributed by atoms with E-state index >= 15 is 0 Å². The highest BCUT2D eigenvalue weighted by Gasteiger charge is 2.03. The molecule has 110 valence electrons. The van der Waals surface area contributed by atoms with Crippen LogP contribution in [0.25, 0.3) is 0 Å². The molecule has 0 fully saturated rings. The van der Waals surface area contributed by atoms with Crippen LogP contribution in [-0.2, 0) is 11.3 Å². The summed E-state index contributed by atoms with van der Waals surface area (Å²) in [5.74, 6) is 0. The first-order valence-electron chi connectivity index (χ1n) is 7.40. The maximum absolute atomic E-state index is 5.52. The van der Waals surface area contributed by atoms with Crippen LogP contribution in [0, 0.1) is 0 Å². The van der Waals surface area contributed by atoms with Crippen molar-refractivity contribution in [2.75, 3.05) is 39.4 Å². The molecule has 0 spiro atoms. The second-order valence-electron chi connectivity index (χ2n) is 4.66. The smallest absolute Gasteiger partial charge is 0.0590 e. The summed E-state index contributed by atoms with van der Waals surface area (Å²) in [6.45, 7) is 11.4. The van der Waals surface area contributed by atoms with E-state index < -0.39 is 0 Å². The molecule has 0 saturated heterocycles. The number of likely N-dealkylation sites (N-methyl/N-ethyl adjacent to an activating group) is 1. The Kier molecular flexibility index (Phi) is 9.99. The predicted octanol–water partition coefficient (Wildman–Crippen LogP) is 2.98. The van der Waals surface area contributed by atoms with Crippen molar-refractivity contribution in [3.05, 3.63) is 22.4 Å². The fraction of sp³-hybridized carbons (Fsp3) is 0.733. The van der Waals surface area contributed by atoms with Gasteiger partial charge in [-0.25, -0.2) is 0 Å². The molecule has 0 aliphatic carbocycles. The number of rotatable bonds is 12. The van der Waals surface area contributed by atoms with Gasteiger partial charge in [0.05, 0.1) is 6.61 Å². The van der Waals surface area contributed by atoms with Gasteiger partial charge in [0.1, 0.15) is 0 Å². The molecule has 0 amide bonds. The summed E-state index contributed by atoms with van der Waals surface area (Å²) >= 11 is 1.84. The highest BCUT2D eigenvalue weighted by molar-refractivity contribution is 7.09. The van der Waals surface area contributed by atoms with Crippen molar-refractivity contribution in [1.82, 2.24) is 10.2 Å². The zero-order valence-electron chi connectivity index (χ0n) is 12.4. The molecule has 19 heavy (non-hydrogen) atoms. The largest absolute Gasteiger partial charge is 0.380 e. The van der Waals surface area contributed by atoms with Crippen molar-refractivity contribution >= 4 is 11.3 Å². The Labute approximate surface area is 122 Å². The maximum atomic E-state index is 5.52. The Balaban J connectivity index is 1.97. The molecule has 1 aromatic heterocycles. The van der Waals surface area contributed by atoms with Gasteiger partial charge in [-0.2, -0.15) is 0 Å². The lowest BCUT2D eigenvalue weighted by Crippen LogP contribution is -2.32. The minimum Gasteiger partial charge on any atom is -0.380 e. The van der Waals surface area contributed by atoms with Crippen LogP contribution in [0.2, 0.25) is 0 Å². The maximum Gasteiger partial charge on any atom is 0.0590 e. The van der Waals surface area contributed by atoms with E-state index in [-0.39, 0.29) is 0 Å². The first-order chi connectivity index (χ1) is 9.36. The molecule has 0 atom stereocenters. The lowest BCUT2D eigenvalue weighted by molar-refractivity contribution is 0.132. The van der Waals surface area contributed by atoms with Crippen molar-refractivity contribution < 1.29 is 4.74 Å². The molecular formula is C15H28N2OS. The Hall–Kier alpha value is -0.420. The van der Waals surface area contributed by atoms with Crippen molar-refractivity contribution in [2.45, 2.75) is 33.2 Å². The average Bonchev–Trinajstić information content (AvgIpc) is 2.93. The summed E-state index contributed by atoms with van der Waals surface area (Å²) in [5, 5.41) is 5.59. The highest BCUT2D eigenvalue weighted by Crippen LogP contribution is 2.11. The molecule has 1 aromatic rings. The summed E-state index contributed by atoms with van der Waals surface area (Å²) < 4.78 is 5.52. The normalized spacial score (nSPS) is 11.3. The van der Waals surface area contributed by atoms with Gasteiger partial charge in [-0.05, 0) is 24.4 Å². The standard InChI is InChI=1S/C15H28N2OS/c1-3-5-11-18-12-9-16-8-10-17(4-2)14-15-7-6-13-19-15/h6-7,13,16H,3-5,8-12,14H2,1-2H3. The number of nitrogens with zero attached hydrogens (tertiary/aromatic N) is 1. The van der Waals surface area contributed by atoms with Crippen molar-refractivity contribution in [3.63, 3.8) is 0 Å². The third-order valence-electron chi connectivity index (χ3n) is 3.08. The van der Waals surface area contributed by atoms with Gasteiger partial charge in [0.15, 0.2) is 0 Å². The summed E-state index contributed by atoms with van der Waals surface area (Å²) in [4.78, 5) is 3.92. The zero-order valence-corrected chi connectivity index (χ0v) is 13.2. The van der Waals surface area contributed by atoms with E-state index in [2.05, 4.69) is 41.6 Å². The summed E-state index contributed by atoms with van der Waals surface area (Å²) in [6.07, 6.45) is 2.38. The molecule has 1 heterocycles. The van der Waals surface area contributed by atoms with Gasteiger partial charge in [-0.15, -0.1) is 11.3 Å². The molecule has 0 aliphatic rings. The Morgan fingerprint density at radius 3 is 2.84 bits per heavy atom. The quantitative estimate of drug-likeness (QED) is 0.597. The number of hydrogen-bond donors (Lipinski definition) is 1. The summed E-state index contributed by atoms with van der Waals surface area (Å²) in [5.41, 5.74) is 0. The number of unbranched alkanes of at least 4 members (excludes halogenated alkanes) is 1. The first kappa shape index (κ1) is 16.6. The monoisotopic (exact) mass is 284 g/mol. The van der Waals surface area contributed by atoms with E-state index in [1.165, 1.54) is 17.7 Å². The van der Waals surface area contributed by atoms with Crippen LogP contribution in [0.4, 0.5) is 0 Å². The van der Waals surface area contributed by atoms with E-state index in [1.807, 2.05) is 11.3 Å². The SMILES string of the molecule is CCCCOCCNCCN(CC)Cc1cccs1. The van der Waals surface area contributed by atoms with Crippen molar-refractivity contribution in [2.24, 2.45) is 0 Å². The molecule has 1 N–H and O–H groups in total. The second-order valence-corrected chi connectivity index (χ2v) is 5.70. The van der Waals surface area contributed by atoms with E-state index in [0.717, 1.165) is 45.9 Å². The Morgan fingerprint density at radius 1 is 1.26 bits per heavy atom. The number of ether oxygens (including phenoxy) is 1. The van der Waals surface area contributed by atoms with E-state index in [9.17, 15) is 0 Å². The zero-order chi connectivity index (χ0) is 13.8. The number of hydrogen-bond acceptors (Lipinski definition) is 4. The molecule has 4 heteroatoms. The fourth-order valence-electron chi connectivity index (χ4n) is 1.83. The second kappa shape index (κ2) is 11.4. The summed E-state index contributed by atoms with van der Waals surface area (Å²) in [7, 11) is 0. The number of thiophene rings is 1. The lowest BCUT2D eigenvalue weighted by Gasteiger charge is -2.19. The third kappa shape index (κ3) is 8.37. The molecule has 0 aliphatic heterocycles. The van der Waals surface area contributed by atoms with E-state index in [1.54, 1.807) is 0 Å². The Morgan fingerprint density at radius 2 is 2.16 bits per heavy atom. The number of nitrogens with one attached hydrogen (secondary N) is 1. The minimum absolute atomic E-state index is 0.830. The molecule has 0 saturated carbocycles.